The Labute approximate surface area is 135 Å². The number of benzene rings is 1. The van der Waals surface area contributed by atoms with E-state index in [9.17, 15) is 4.79 Å². The highest BCUT2D eigenvalue weighted by atomic mass is 35.5. The van der Waals surface area contributed by atoms with Gasteiger partial charge in [0.05, 0.1) is 15.7 Å². The van der Waals surface area contributed by atoms with E-state index in [0.29, 0.717) is 27.8 Å². The fraction of sp³-hybridized carbons (Fsp3) is 0.533. The van der Waals surface area contributed by atoms with Gasteiger partial charge in [-0.05, 0) is 51.0 Å². The fourth-order valence-electron chi connectivity index (χ4n) is 2.51. The van der Waals surface area contributed by atoms with Gasteiger partial charge in [-0.1, -0.05) is 29.6 Å². The number of halogens is 2. The van der Waals surface area contributed by atoms with E-state index < -0.39 is 0 Å². The summed E-state index contributed by atoms with van der Waals surface area (Å²) in [5, 5.41) is 3.50. The Morgan fingerprint density at radius 2 is 1.81 bits per heavy atom. The van der Waals surface area contributed by atoms with Crippen LogP contribution in [0.25, 0.3) is 0 Å². The molecule has 0 atom stereocenters. The number of nitrogens with zero attached hydrogens (tertiary/aromatic N) is 1. The Hall–Kier alpha value is -0.970. The number of likely N-dealkylation sites (tertiary alicyclic amines) is 1. The third kappa shape index (κ3) is 4.77. The minimum Gasteiger partial charge on any atom is -0.396 e. The summed E-state index contributed by atoms with van der Waals surface area (Å²) in [5.41, 5.74) is 6.40. The van der Waals surface area contributed by atoms with Crippen LogP contribution in [0.5, 0.6) is 0 Å². The number of carbonyl (C=O) groups is 1. The van der Waals surface area contributed by atoms with E-state index in [-0.39, 0.29) is 5.91 Å². The maximum Gasteiger partial charge on any atom is 0.251 e. The molecule has 0 aliphatic carbocycles. The molecule has 116 valence electrons. The molecular formula is C15H21Cl2N3O. The third-order valence-corrected chi connectivity index (χ3v) is 4.35. The van der Waals surface area contributed by atoms with Gasteiger partial charge >= 0.3 is 0 Å². The van der Waals surface area contributed by atoms with Crippen molar-refractivity contribution in [2.45, 2.75) is 25.7 Å². The molecule has 3 N–H and O–H groups in total. The van der Waals surface area contributed by atoms with Gasteiger partial charge in [-0.2, -0.15) is 0 Å². The lowest BCUT2D eigenvalue weighted by atomic mass is 10.1. The van der Waals surface area contributed by atoms with Crippen LogP contribution in [-0.4, -0.2) is 37.0 Å². The van der Waals surface area contributed by atoms with Crippen molar-refractivity contribution in [3.05, 3.63) is 27.7 Å². The van der Waals surface area contributed by atoms with Crippen LogP contribution in [-0.2, 0) is 0 Å². The van der Waals surface area contributed by atoms with E-state index >= 15 is 0 Å². The Bertz CT molecular complexity index is 479. The van der Waals surface area contributed by atoms with Crippen molar-refractivity contribution < 1.29 is 4.79 Å². The summed E-state index contributed by atoms with van der Waals surface area (Å²) in [6.07, 6.45) is 4.86. The van der Waals surface area contributed by atoms with Crippen molar-refractivity contribution in [2.75, 3.05) is 31.9 Å². The van der Waals surface area contributed by atoms with Crippen LogP contribution in [0.1, 0.15) is 36.0 Å². The topological polar surface area (TPSA) is 58.4 Å². The molecule has 1 saturated heterocycles. The van der Waals surface area contributed by atoms with Crippen LogP contribution in [0.3, 0.4) is 0 Å². The van der Waals surface area contributed by atoms with Crippen LogP contribution < -0.4 is 11.1 Å². The summed E-state index contributed by atoms with van der Waals surface area (Å²) in [6, 6.07) is 3.09. The maximum absolute atomic E-state index is 12.0. The van der Waals surface area contributed by atoms with E-state index in [1.807, 2.05) is 0 Å². The first-order valence-electron chi connectivity index (χ1n) is 7.33. The molecule has 0 unspecified atom stereocenters. The summed E-state index contributed by atoms with van der Waals surface area (Å²) >= 11 is 11.9. The molecule has 1 amide bonds. The van der Waals surface area contributed by atoms with Gasteiger partial charge in [0.15, 0.2) is 0 Å². The zero-order chi connectivity index (χ0) is 15.2. The number of anilines is 1. The second-order valence-electron chi connectivity index (χ2n) is 5.37. The number of piperidine rings is 1. The quantitative estimate of drug-likeness (QED) is 0.644. The van der Waals surface area contributed by atoms with E-state index in [1.54, 1.807) is 12.1 Å². The smallest absolute Gasteiger partial charge is 0.251 e. The molecule has 1 aliphatic rings. The fourth-order valence-corrected chi connectivity index (χ4v) is 2.99. The summed E-state index contributed by atoms with van der Waals surface area (Å²) in [5.74, 6) is -0.169. The van der Waals surface area contributed by atoms with Gasteiger partial charge in [0.2, 0.25) is 0 Å². The first kappa shape index (κ1) is 16.4. The minimum atomic E-state index is -0.169. The van der Waals surface area contributed by atoms with Gasteiger partial charge in [-0.15, -0.1) is 0 Å². The molecule has 0 radical (unpaired) electrons. The molecule has 4 nitrogen and oxygen atoms in total. The van der Waals surface area contributed by atoms with Gasteiger partial charge in [-0.3, -0.25) is 4.79 Å². The number of nitrogen functional groups attached to an aromatic ring is 1. The Morgan fingerprint density at radius 1 is 1.19 bits per heavy atom. The molecule has 0 spiro atoms. The summed E-state index contributed by atoms with van der Waals surface area (Å²) in [7, 11) is 0. The summed E-state index contributed by atoms with van der Waals surface area (Å²) < 4.78 is 0. The molecule has 0 aromatic heterocycles. The normalized spacial score (nSPS) is 15.9. The number of nitrogens with one attached hydrogen (secondary N) is 1. The number of hydrogen-bond acceptors (Lipinski definition) is 3. The zero-order valence-electron chi connectivity index (χ0n) is 12.0. The van der Waals surface area contributed by atoms with Crippen LogP contribution in [0.15, 0.2) is 12.1 Å². The highest BCUT2D eigenvalue weighted by molar-refractivity contribution is 6.39. The van der Waals surface area contributed by atoms with Gasteiger partial charge < -0.3 is 16.0 Å². The molecule has 2 rings (SSSR count). The average Bonchev–Trinajstić information content (AvgIpc) is 2.49. The molecule has 1 fully saturated rings. The van der Waals surface area contributed by atoms with Crippen molar-refractivity contribution >= 4 is 34.8 Å². The lowest BCUT2D eigenvalue weighted by Crippen LogP contribution is -2.33. The molecule has 6 heteroatoms. The van der Waals surface area contributed by atoms with E-state index in [2.05, 4.69) is 10.2 Å². The molecule has 21 heavy (non-hydrogen) atoms. The molecule has 0 bridgehead atoms. The predicted octanol–water partition coefficient (Wildman–Crippen LogP) is 3.18. The Morgan fingerprint density at radius 3 is 2.43 bits per heavy atom. The van der Waals surface area contributed by atoms with E-state index in [4.69, 9.17) is 28.9 Å². The van der Waals surface area contributed by atoms with Gasteiger partial charge in [0.25, 0.3) is 5.91 Å². The van der Waals surface area contributed by atoms with Crippen molar-refractivity contribution in [3.63, 3.8) is 0 Å². The third-order valence-electron chi connectivity index (χ3n) is 3.73. The van der Waals surface area contributed by atoms with Gasteiger partial charge in [0.1, 0.15) is 0 Å². The summed E-state index contributed by atoms with van der Waals surface area (Å²) in [6.45, 7) is 4.03. The standard InChI is InChI=1S/C15H21Cl2N3O/c16-12-9-11(10-13(17)14(12)18)15(21)19-5-4-8-20-6-2-1-3-7-20/h9-10H,1-8,18H2,(H,19,21). The average molecular weight is 330 g/mol. The van der Waals surface area contributed by atoms with Gasteiger partial charge in [-0.25, -0.2) is 0 Å². The number of hydrogen-bond donors (Lipinski definition) is 2. The first-order chi connectivity index (χ1) is 10.1. The Kier molecular flexibility index (Phi) is 6.15. The first-order valence-corrected chi connectivity index (χ1v) is 8.08. The van der Waals surface area contributed by atoms with Crippen LogP contribution in [0.2, 0.25) is 10.0 Å². The predicted molar refractivity (Wildman–Crippen MR) is 88.1 cm³/mol. The number of rotatable bonds is 5. The Balaban J connectivity index is 1.76. The number of amides is 1. The minimum absolute atomic E-state index is 0.169. The monoisotopic (exact) mass is 329 g/mol. The molecule has 1 aliphatic heterocycles. The molecule has 1 heterocycles. The van der Waals surface area contributed by atoms with Crippen LogP contribution in [0, 0.1) is 0 Å². The molecule has 1 aromatic carbocycles. The zero-order valence-corrected chi connectivity index (χ0v) is 13.5. The molecular weight excluding hydrogens is 309 g/mol. The highest BCUT2D eigenvalue weighted by Crippen LogP contribution is 2.28. The lowest BCUT2D eigenvalue weighted by Gasteiger charge is -2.26. The second kappa shape index (κ2) is 7.87. The van der Waals surface area contributed by atoms with Gasteiger partial charge in [0, 0.05) is 12.1 Å². The SMILES string of the molecule is Nc1c(Cl)cc(C(=O)NCCCN2CCCCC2)cc1Cl. The summed E-state index contributed by atoms with van der Waals surface area (Å²) in [4.78, 5) is 14.5. The van der Waals surface area contributed by atoms with Crippen LogP contribution >= 0.6 is 23.2 Å². The van der Waals surface area contributed by atoms with Crippen molar-refractivity contribution in [3.8, 4) is 0 Å². The largest absolute Gasteiger partial charge is 0.396 e. The second-order valence-corrected chi connectivity index (χ2v) is 6.18. The van der Waals surface area contributed by atoms with Crippen molar-refractivity contribution in [1.29, 1.82) is 0 Å². The van der Waals surface area contributed by atoms with E-state index in [1.165, 1.54) is 32.4 Å². The number of carbonyl (C=O) groups excluding carboxylic acids is 1. The van der Waals surface area contributed by atoms with Crippen molar-refractivity contribution in [1.82, 2.24) is 10.2 Å². The maximum atomic E-state index is 12.0. The van der Waals surface area contributed by atoms with E-state index in [0.717, 1.165) is 13.0 Å². The molecule has 0 saturated carbocycles. The van der Waals surface area contributed by atoms with Crippen LogP contribution in [0.4, 0.5) is 5.69 Å². The highest BCUT2D eigenvalue weighted by Gasteiger charge is 2.12. The lowest BCUT2D eigenvalue weighted by molar-refractivity contribution is 0.0951. The molecule has 1 aromatic rings. The van der Waals surface area contributed by atoms with Crippen molar-refractivity contribution in [2.24, 2.45) is 0 Å². The number of nitrogens with two attached hydrogens (primary N) is 1.